The molecule has 0 spiro atoms. The van der Waals surface area contributed by atoms with Gasteiger partial charge in [0.25, 0.3) is 5.91 Å². The fraction of sp³-hybridized carbons (Fsp3) is 0.286. The lowest BCUT2D eigenvalue weighted by atomic mass is 9.93. The van der Waals surface area contributed by atoms with E-state index in [2.05, 4.69) is 12.2 Å². The molecular weight excluding hydrogens is 485 g/mol. The van der Waals surface area contributed by atoms with Crippen molar-refractivity contribution in [3.05, 3.63) is 74.4 Å². The monoisotopic (exact) mass is 511 g/mol. The molecule has 0 aromatic heterocycles. The maximum absolute atomic E-state index is 12.6. The predicted octanol–water partition coefficient (Wildman–Crippen LogP) is 7.67. The number of phenols is 1. The lowest BCUT2D eigenvalue weighted by molar-refractivity contribution is 0.0953. The molecule has 1 aliphatic heterocycles. The second-order valence-electron chi connectivity index (χ2n) is 8.66. The Morgan fingerprint density at radius 1 is 0.943 bits per heavy atom. The van der Waals surface area contributed by atoms with Crippen LogP contribution in [-0.2, 0) is 0 Å². The van der Waals surface area contributed by atoms with Gasteiger partial charge in [0.1, 0.15) is 17.1 Å². The van der Waals surface area contributed by atoms with E-state index in [9.17, 15) is 14.7 Å². The number of rotatable bonds is 9. The van der Waals surface area contributed by atoms with Crippen molar-refractivity contribution in [2.75, 3.05) is 6.54 Å². The van der Waals surface area contributed by atoms with Crippen LogP contribution in [-0.4, -0.2) is 17.6 Å². The predicted molar refractivity (Wildman–Crippen MR) is 142 cm³/mol. The Bertz CT molecular complexity index is 1380. The van der Waals surface area contributed by atoms with Gasteiger partial charge < -0.3 is 14.8 Å². The Hall–Kier alpha value is -3.02. The number of hydrogen-bond acceptors (Lipinski definition) is 4. The third-order valence-corrected chi connectivity index (χ3v) is 6.69. The highest BCUT2D eigenvalue weighted by Crippen LogP contribution is 2.43. The Labute approximate surface area is 214 Å². The van der Waals surface area contributed by atoms with Gasteiger partial charge in [0.2, 0.25) is 5.43 Å². The minimum atomic E-state index is -0.358. The number of unbranched alkanes of at least 4 members (excludes halogenated alkanes) is 5. The molecule has 5 nitrogen and oxygen atoms in total. The van der Waals surface area contributed by atoms with E-state index in [1.807, 2.05) is 12.1 Å². The first-order valence-electron chi connectivity index (χ1n) is 11.9. The van der Waals surface area contributed by atoms with Gasteiger partial charge >= 0.3 is 0 Å². The summed E-state index contributed by atoms with van der Waals surface area (Å²) in [5.74, 6) is 0.0983. The number of nitrogens with one attached hydrogen (secondary N) is 1. The highest BCUT2D eigenvalue weighted by atomic mass is 35.5. The van der Waals surface area contributed by atoms with Crippen LogP contribution in [0.15, 0.2) is 57.7 Å². The van der Waals surface area contributed by atoms with Crippen molar-refractivity contribution in [2.45, 2.75) is 45.4 Å². The molecule has 7 heteroatoms. The summed E-state index contributed by atoms with van der Waals surface area (Å²) in [6.45, 7) is 2.85. The summed E-state index contributed by atoms with van der Waals surface area (Å²) in [7, 11) is 0. The molecule has 2 aliphatic rings. The topological polar surface area (TPSA) is 79.5 Å². The number of carbonyl (C=O) groups is 1. The number of phenolic OH excluding ortho intramolecular Hbond substituents is 1. The highest BCUT2D eigenvalue weighted by Gasteiger charge is 2.20. The molecule has 182 valence electrons. The van der Waals surface area contributed by atoms with Gasteiger partial charge in [-0.05, 0) is 36.2 Å². The van der Waals surface area contributed by atoms with E-state index in [0.717, 1.165) is 24.0 Å². The Balaban J connectivity index is 1.62. The first kappa shape index (κ1) is 25.1. The number of amides is 1. The molecule has 35 heavy (non-hydrogen) atoms. The molecule has 4 rings (SSSR count). The van der Waals surface area contributed by atoms with Crippen LogP contribution in [0, 0.1) is 0 Å². The van der Waals surface area contributed by atoms with Crippen molar-refractivity contribution in [3.8, 4) is 28.2 Å². The summed E-state index contributed by atoms with van der Waals surface area (Å²) in [5, 5.41) is 13.9. The van der Waals surface area contributed by atoms with Gasteiger partial charge in [0.15, 0.2) is 0 Å². The fourth-order valence-corrected chi connectivity index (χ4v) is 4.54. The smallest absolute Gasteiger partial charge is 0.251 e. The van der Waals surface area contributed by atoms with Gasteiger partial charge in [0, 0.05) is 40.8 Å². The molecule has 2 N–H and O–H groups in total. The summed E-state index contributed by atoms with van der Waals surface area (Å²) in [4.78, 5) is 24.7. The molecule has 2 aromatic rings. The molecule has 0 saturated heterocycles. The van der Waals surface area contributed by atoms with Crippen molar-refractivity contribution in [2.24, 2.45) is 0 Å². The van der Waals surface area contributed by atoms with Crippen LogP contribution in [0.5, 0.6) is 5.75 Å². The van der Waals surface area contributed by atoms with Crippen molar-refractivity contribution >= 4 is 40.1 Å². The summed E-state index contributed by atoms with van der Waals surface area (Å²) in [6, 6.07) is 13.1. The number of fused-ring (bicyclic) bond motifs is 2. The molecular formula is C28H27Cl2NO4. The van der Waals surface area contributed by atoms with E-state index in [0.29, 0.717) is 34.4 Å². The molecule has 0 radical (unpaired) electrons. The summed E-state index contributed by atoms with van der Waals surface area (Å²) in [6.07, 6.45) is 7.01. The molecule has 0 unspecified atom stereocenters. The molecule has 0 atom stereocenters. The highest BCUT2D eigenvalue weighted by molar-refractivity contribution is 6.33. The van der Waals surface area contributed by atoms with Crippen LogP contribution in [0.4, 0.5) is 0 Å². The third-order valence-electron chi connectivity index (χ3n) is 6.09. The molecule has 1 amide bonds. The zero-order chi connectivity index (χ0) is 24.9. The maximum atomic E-state index is 12.6. The molecule has 1 heterocycles. The van der Waals surface area contributed by atoms with E-state index >= 15 is 0 Å². The third kappa shape index (κ3) is 5.63. The average Bonchev–Trinajstić information content (AvgIpc) is 2.84. The van der Waals surface area contributed by atoms with Gasteiger partial charge in [-0.1, -0.05) is 74.4 Å². The van der Waals surface area contributed by atoms with Gasteiger partial charge in [-0.25, -0.2) is 0 Å². The number of halogens is 2. The lowest BCUT2D eigenvalue weighted by Crippen LogP contribution is -2.24. The molecule has 2 aromatic carbocycles. The lowest BCUT2D eigenvalue weighted by Gasteiger charge is -2.16. The fourth-order valence-electron chi connectivity index (χ4n) is 4.21. The number of benzene rings is 3. The first-order chi connectivity index (χ1) is 16.9. The van der Waals surface area contributed by atoms with Crippen LogP contribution >= 0.6 is 23.2 Å². The van der Waals surface area contributed by atoms with E-state index in [4.69, 9.17) is 27.6 Å². The zero-order valence-electron chi connectivity index (χ0n) is 19.5. The summed E-state index contributed by atoms with van der Waals surface area (Å²) < 4.78 is 5.89. The summed E-state index contributed by atoms with van der Waals surface area (Å²) >= 11 is 12.3. The maximum Gasteiger partial charge on any atom is 0.251 e. The number of hydrogen-bond donors (Lipinski definition) is 2. The SMILES string of the molecule is CCCCCCCCNC(=O)c1ccc(-c2c3cc(Cl)c(=O)cc-3oc3cc(O)c(Cl)cc23)cc1. The summed E-state index contributed by atoms with van der Waals surface area (Å²) in [5.41, 5.74) is 2.73. The van der Waals surface area contributed by atoms with E-state index in [-0.39, 0.29) is 27.1 Å². The average molecular weight is 512 g/mol. The Kier molecular flexibility index (Phi) is 7.99. The second kappa shape index (κ2) is 11.1. The van der Waals surface area contributed by atoms with Crippen LogP contribution in [0.1, 0.15) is 55.8 Å². The van der Waals surface area contributed by atoms with Gasteiger partial charge in [0.05, 0.1) is 10.0 Å². The molecule has 0 fully saturated rings. The van der Waals surface area contributed by atoms with E-state index in [1.165, 1.54) is 37.8 Å². The number of aromatic hydroxyl groups is 1. The first-order valence-corrected chi connectivity index (χ1v) is 12.6. The van der Waals surface area contributed by atoms with E-state index < -0.39 is 0 Å². The van der Waals surface area contributed by atoms with Gasteiger partial charge in [-0.2, -0.15) is 0 Å². The van der Waals surface area contributed by atoms with Crippen LogP contribution in [0.3, 0.4) is 0 Å². The van der Waals surface area contributed by atoms with Crippen molar-refractivity contribution in [1.29, 1.82) is 0 Å². The van der Waals surface area contributed by atoms with Crippen molar-refractivity contribution < 1.29 is 14.3 Å². The zero-order valence-corrected chi connectivity index (χ0v) is 21.0. The van der Waals surface area contributed by atoms with Crippen LogP contribution < -0.4 is 10.7 Å². The van der Waals surface area contributed by atoms with Crippen molar-refractivity contribution in [1.82, 2.24) is 5.32 Å². The molecule has 0 bridgehead atoms. The van der Waals surface area contributed by atoms with E-state index in [1.54, 1.807) is 24.3 Å². The quantitative estimate of drug-likeness (QED) is 0.178. The van der Waals surface area contributed by atoms with Gasteiger partial charge in [-0.15, -0.1) is 0 Å². The second-order valence-corrected chi connectivity index (χ2v) is 9.47. The van der Waals surface area contributed by atoms with Gasteiger partial charge in [-0.3, -0.25) is 9.59 Å². The van der Waals surface area contributed by atoms with Crippen LogP contribution in [0.25, 0.3) is 33.4 Å². The Morgan fingerprint density at radius 2 is 1.66 bits per heavy atom. The largest absolute Gasteiger partial charge is 0.506 e. The number of carbonyl (C=O) groups excluding carboxylic acids is 1. The minimum Gasteiger partial charge on any atom is -0.506 e. The van der Waals surface area contributed by atoms with Crippen molar-refractivity contribution in [3.63, 3.8) is 0 Å². The van der Waals surface area contributed by atoms with Crippen LogP contribution in [0.2, 0.25) is 10.0 Å². The normalized spacial score (nSPS) is 11.3. The molecule has 1 aliphatic carbocycles. The standard InChI is InChI=1S/C28H27Cl2NO4/c1-2-3-4-5-6-7-12-31-28(34)18-10-8-17(9-11-18)27-19-13-21(29)23(32)15-25(19)35-26-16-24(33)22(30)14-20(26)27/h8-11,13-16,32H,2-7,12H2,1H3,(H,31,34). The molecule has 0 saturated carbocycles. The minimum absolute atomic E-state index is 0.0730. The Morgan fingerprint density at radius 3 is 2.40 bits per heavy atom.